The van der Waals surface area contributed by atoms with Crippen molar-refractivity contribution in [3.05, 3.63) is 41.3 Å². The zero-order valence-corrected chi connectivity index (χ0v) is 13.4. The minimum atomic E-state index is -0.0422. The van der Waals surface area contributed by atoms with Gasteiger partial charge in [-0.3, -0.25) is 4.79 Å². The van der Waals surface area contributed by atoms with E-state index in [9.17, 15) is 4.79 Å². The van der Waals surface area contributed by atoms with Crippen molar-refractivity contribution in [3.63, 3.8) is 0 Å². The van der Waals surface area contributed by atoms with Crippen LogP contribution < -0.4 is 0 Å². The monoisotopic (exact) mass is 316 g/mol. The van der Waals surface area contributed by atoms with E-state index in [1.807, 2.05) is 11.0 Å². The highest BCUT2D eigenvalue weighted by Gasteiger charge is 2.27. The van der Waals surface area contributed by atoms with Gasteiger partial charge in [-0.05, 0) is 26.3 Å². The summed E-state index contributed by atoms with van der Waals surface area (Å²) in [5, 5.41) is 3.87. The van der Waals surface area contributed by atoms with Crippen LogP contribution in [-0.4, -0.2) is 52.2 Å². The zero-order chi connectivity index (χ0) is 16.2. The molecule has 0 unspecified atom stereocenters. The molecule has 3 rings (SSSR count). The SMILES string of the molecule is Cc1noc(C)c1C(=O)N1CCOC[C@H](Cc2ccncn2)C1. The normalized spacial score (nSPS) is 18.7. The lowest BCUT2D eigenvalue weighted by molar-refractivity contribution is 0.0735. The van der Waals surface area contributed by atoms with Crippen molar-refractivity contribution in [2.24, 2.45) is 5.92 Å². The Bertz CT molecular complexity index is 652. The van der Waals surface area contributed by atoms with Gasteiger partial charge < -0.3 is 14.2 Å². The summed E-state index contributed by atoms with van der Waals surface area (Å²) < 4.78 is 10.8. The standard InChI is InChI=1S/C16H20N4O3/c1-11-15(12(2)23-19-11)16(21)20-5-6-22-9-13(8-20)7-14-3-4-17-10-18-14/h3-4,10,13H,5-9H2,1-2H3/t13-/m1/s1. The van der Waals surface area contributed by atoms with Crippen molar-refractivity contribution >= 4 is 5.91 Å². The first-order chi connectivity index (χ1) is 11.1. The number of amides is 1. The van der Waals surface area contributed by atoms with Crippen molar-refractivity contribution in [3.8, 4) is 0 Å². The molecule has 0 aliphatic carbocycles. The molecule has 7 nitrogen and oxygen atoms in total. The smallest absolute Gasteiger partial charge is 0.259 e. The molecule has 1 saturated heterocycles. The van der Waals surface area contributed by atoms with Crippen LogP contribution in [0.5, 0.6) is 0 Å². The third kappa shape index (κ3) is 3.56. The molecular weight excluding hydrogens is 296 g/mol. The number of aryl methyl sites for hydroxylation is 2. The second-order valence-corrected chi connectivity index (χ2v) is 5.80. The highest BCUT2D eigenvalue weighted by Crippen LogP contribution is 2.19. The first kappa shape index (κ1) is 15.6. The Balaban J connectivity index is 1.73. The molecule has 3 heterocycles. The molecule has 1 fully saturated rings. The maximum absolute atomic E-state index is 12.8. The summed E-state index contributed by atoms with van der Waals surface area (Å²) >= 11 is 0. The lowest BCUT2D eigenvalue weighted by Gasteiger charge is -2.23. The lowest BCUT2D eigenvalue weighted by Crippen LogP contribution is -2.37. The third-order valence-electron chi connectivity index (χ3n) is 4.01. The molecule has 1 atom stereocenters. The van der Waals surface area contributed by atoms with E-state index in [-0.39, 0.29) is 11.8 Å². The molecule has 0 aromatic carbocycles. The molecule has 1 aliphatic heterocycles. The van der Waals surface area contributed by atoms with E-state index in [1.165, 1.54) is 0 Å². The molecule has 0 radical (unpaired) electrons. The second-order valence-electron chi connectivity index (χ2n) is 5.80. The van der Waals surface area contributed by atoms with Gasteiger partial charge in [0, 0.05) is 30.9 Å². The third-order valence-corrected chi connectivity index (χ3v) is 4.01. The maximum atomic E-state index is 12.8. The fourth-order valence-corrected chi connectivity index (χ4v) is 2.87. The number of hydrogen-bond donors (Lipinski definition) is 0. The Morgan fingerprint density at radius 2 is 2.30 bits per heavy atom. The van der Waals surface area contributed by atoms with Crippen LogP contribution in [0.3, 0.4) is 0 Å². The number of ether oxygens (including phenoxy) is 1. The first-order valence-corrected chi connectivity index (χ1v) is 7.70. The van der Waals surface area contributed by atoms with E-state index >= 15 is 0 Å². The number of rotatable bonds is 3. The minimum absolute atomic E-state index is 0.0422. The van der Waals surface area contributed by atoms with Crippen LogP contribution >= 0.6 is 0 Å². The Morgan fingerprint density at radius 1 is 1.43 bits per heavy atom. The summed E-state index contributed by atoms with van der Waals surface area (Å²) in [5.74, 6) is 0.723. The van der Waals surface area contributed by atoms with E-state index in [0.717, 1.165) is 12.1 Å². The Kier molecular flexibility index (Phi) is 4.66. The topological polar surface area (TPSA) is 81.4 Å². The van der Waals surface area contributed by atoms with Crippen LogP contribution in [0.4, 0.5) is 0 Å². The van der Waals surface area contributed by atoms with E-state index in [1.54, 1.807) is 26.4 Å². The summed E-state index contributed by atoms with van der Waals surface area (Å²) in [6, 6.07) is 1.89. The minimum Gasteiger partial charge on any atom is -0.379 e. The number of carbonyl (C=O) groups is 1. The van der Waals surface area contributed by atoms with Gasteiger partial charge in [-0.2, -0.15) is 0 Å². The van der Waals surface area contributed by atoms with Crippen molar-refractivity contribution in [1.82, 2.24) is 20.0 Å². The lowest BCUT2D eigenvalue weighted by atomic mass is 10.0. The summed E-state index contributed by atoms with van der Waals surface area (Å²) in [7, 11) is 0. The fourth-order valence-electron chi connectivity index (χ4n) is 2.87. The number of carbonyl (C=O) groups excluding carboxylic acids is 1. The van der Waals surface area contributed by atoms with E-state index < -0.39 is 0 Å². The van der Waals surface area contributed by atoms with Gasteiger partial charge in [0.1, 0.15) is 17.7 Å². The molecular formula is C16H20N4O3. The highest BCUT2D eigenvalue weighted by atomic mass is 16.5. The highest BCUT2D eigenvalue weighted by molar-refractivity contribution is 5.96. The molecule has 0 bridgehead atoms. The molecule has 23 heavy (non-hydrogen) atoms. The molecule has 2 aromatic rings. The van der Waals surface area contributed by atoms with Crippen molar-refractivity contribution < 1.29 is 14.1 Å². The van der Waals surface area contributed by atoms with Crippen LogP contribution in [0.15, 0.2) is 23.1 Å². The van der Waals surface area contributed by atoms with E-state index in [0.29, 0.717) is 43.3 Å². The van der Waals surface area contributed by atoms with Gasteiger partial charge >= 0.3 is 0 Å². The first-order valence-electron chi connectivity index (χ1n) is 7.70. The second kappa shape index (κ2) is 6.87. The van der Waals surface area contributed by atoms with Gasteiger partial charge in [0.05, 0.1) is 18.9 Å². The number of hydrogen-bond acceptors (Lipinski definition) is 6. The van der Waals surface area contributed by atoms with Gasteiger partial charge in [-0.25, -0.2) is 9.97 Å². The van der Waals surface area contributed by atoms with Gasteiger partial charge in [-0.15, -0.1) is 0 Å². The Hall–Kier alpha value is -2.28. The van der Waals surface area contributed by atoms with Gasteiger partial charge in [0.15, 0.2) is 0 Å². The van der Waals surface area contributed by atoms with Crippen molar-refractivity contribution in [2.75, 3.05) is 26.3 Å². The van der Waals surface area contributed by atoms with Crippen molar-refractivity contribution in [2.45, 2.75) is 20.3 Å². The zero-order valence-electron chi connectivity index (χ0n) is 13.4. The fraction of sp³-hybridized carbons (Fsp3) is 0.500. The van der Waals surface area contributed by atoms with E-state index in [4.69, 9.17) is 9.26 Å². The molecule has 2 aromatic heterocycles. The van der Waals surface area contributed by atoms with Crippen LogP contribution in [-0.2, 0) is 11.2 Å². The summed E-state index contributed by atoms with van der Waals surface area (Å²) in [5.41, 5.74) is 2.15. The van der Waals surface area contributed by atoms with Gasteiger partial charge in [0.25, 0.3) is 5.91 Å². The van der Waals surface area contributed by atoms with Crippen LogP contribution in [0, 0.1) is 19.8 Å². The summed E-state index contributed by atoms with van der Waals surface area (Å²) in [6.07, 6.45) is 4.03. The summed E-state index contributed by atoms with van der Waals surface area (Å²) in [6.45, 7) is 5.91. The molecule has 1 aliphatic rings. The largest absolute Gasteiger partial charge is 0.379 e. The van der Waals surface area contributed by atoms with Crippen molar-refractivity contribution in [1.29, 1.82) is 0 Å². The molecule has 0 saturated carbocycles. The summed E-state index contributed by atoms with van der Waals surface area (Å²) in [4.78, 5) is 22.8. The van der Waals surface area contributed by atoms with Gasteiger partial charge in [0.2, 0.25) is 0 Å². The molecule has 122 valence electrons. The van der Waals surface area contributed by atoms with Crippen LogP contribution in [0.1, 0.15) is 27.5 Å². The van der Waals surface area contributed by atoms with Crippen LogP contribution in [0.25, 0.3) is 0 Å². The molecule has 0 N–H and O–H groups in total. The van der Waals surface area contributed by atoms with Gasteiger partial charge in [-0.1, -0.05) is 5.16 Å². The van der Waals surface area contributed by atoms with E-state index in [2.05, 4.69) is 15.1 Å². The maximum Gasteiger partial charge on any atom is 0.259 e. The predicted octanol–water partition coefficient (Wildman–Crippen LogP) is 1.41. The molecule has 0 spiro atoms. The van der Waals surface area contributed by atoms with Crippen LogP contribution in [0.2, 0.25) is 0 Å². The quantitative estimate of drug-likeness (QED) is 0.851. The molecule has 7 heteroatoms. The number of nitrogens with zero attached hydrogens (tertiary/aromatic N) is 4. The predicted molar refractivity (Wildman–Crippen MR) is 81.9 cm³/mol. The molecule has 1 amide bonds. The average Bonchev–Trinajstić information content (AvgIpc) is 2.75. The Labute approximate surface area is 134 Å². The number of aromatic nitrogens is 3. The average molecular weight is 316 g/mol. The Morgan fingerprint density at radius 3 is 3.00 bits per heavy atom.